The molecule has 3 aromatic rings. The molecule has 2 fully saturated rings. The third kappa shape index (κ3) is 6.24. The highest BCUT2D eigenvalue weighted by Gasteiger charge is 2.40. The summed E-state index contributed by atoms with van der Waals surface area (Å²) in [6.07, 6.45) is 3.88. The maximum Gasteiger partial charge on any atom is 0.245 e. The van der Waals surface area contributed by atoms with Crippen LogP contribution in [0.2, 0.25) is 5.02 Å². The maximum absolute atomic E-state index is 13.4. The van der Waals surface area contributed by atoms with Crippen molar-refractivity contribution in [3.05, 3.63) is 71.5 Å². The Morgan fingerprint density at radius 3 is 2.69 bits per heavy atom. The summed E-state index contributed by atoms with van der Waals surface area (Å²) >= 11 is 6.03. The summed E-state index contributed by atoms with van der Waals surface area (Å²) in [4.78, 5) is 34.3. The van der Waals surface area contributed by atoms with Crippen LogP contribution in [-0.4, -0.2) is 72.8 Å². The van der Waals surface area contributed by atoms with Crippen LogP contribution in [0, 0.1) is 0 Å². The van der Waals surface area contributed by atoms with Crippen molar-refractivity contribution >= 4 is 44.2 Å². The molecule has 2 amide bonds. The molecule has 5 rings (SSSR count). The standard InChI is InChI=1S/C28H32ClN5O4S/c1-19(27(35)33-13-4-6-24(18-33)31-17-23-5-2-3-12-30-23)34-14-11-26(28(34)36)32-39(37,38)25-10-8-20-15-22(29)9-7-21(20)16-25/h2-3,5,7-10,12,15-16,19,24,26,31-32H,4,6,11,13-14,17-18H2,1H3. The quantitative estimate of drug-likeness (QED) is 0.431. The predicted octanol–water partition coefficient (Wildman–Crippen LogP) is 2.94. The summed E-state index contributed by atoms with van der Waals surface area (Å²) < 4.78 is 28.8. The number of likely N-dealkylation sites (tertiary alicyclic amines) is 2. The third-order valence-electron chi connectivity index (χ3n) is 7.48. The Hall–Kier alpha value is -3.05. The maximum atomic E-state index is 13.4. The zero-order chi connectivity index (χ0) is 27.6. The number of sulfonamides is 1. The van der Waals surface area contributed by atoms with Gasteiger partial charge in [-0.1, -0.05) is 29.8 Å². The normalized spacial score (nSPS) is 20.9. The van der Waals surface area contributed by atoms with E-state index in [0.717, 1.165) is 29.3 Å². The van der Waals surface area contributed by atoms with Gasteiger partial charge in [0.2, 0.25) is 21.8 Å². The van der Waals surface area contributed by atoms with Gasteiger partial charge in [-0.15, -0.1) is 0 Å². The van der Waals surface area contributed by atoms with Gasteiger partial charge in [-0.3, -0.25) is 14.6 Å². The summed E-state index contributed by atoms with van der Waals surface area (Å²) in [5.41, 5.74) is 0.943. The van der Waals surface area contributed by atoms with E-state index in [9.17, 15) is 18.0 Å². The second kappa shape index (κ2) is 11.6. The Morgan fingerprint density at radius 2 is 1.90 bits per heavy atom. The van der Waals surface area contributed by atoms with E-state index >= 15 is 0 Å². The van der Waals surface area contributed by atoms with Crippen molar-refractivity contribution in [1.29, 1.82) is 0 Å². The van der Waals surface area contributed by atoms with Crippen molar-refractivity contribution in [1.82, 2.24) is 24.8 Å². The van der Waals surface area contributed by atoms with Crippen LogP contribution in [-0.2, 0) is 26.2 Å². The van der Waals surface area contributed by atoms with Crippen LogP contribution >= 0.6 is 11.6 Å². The van der Waals surface area contributed by atoms with Crippen LogP contribution in [0.4, 0.5) is 0 Å². The number of pyridine rings is 1. The zero-order valence-electron chi connectivity index (χ0n) is 21.7. The molecule has 206 valence electrons. The molecule has 2 N–H and O–H groups in total. The monoisotopic (exact) mass is 569 g/mol. The molecule has 0 bridgehead atoms. The van der Waals surface area contributed by atoms with E-state index in [1.807, 2.05) is 18.2 Å². The van der Waals surface area contributed by atoms with Crippen LogP contribution in [0.25, 0.3) is 10.8 Å². The molecule has 39 heavy (non-hydrogen) atoms. The molecule has 0 aliphatic carbocycles. The van der Waals surface area contributed by atoms with E-state index in [1.54, 1.807) is 48.4 Å². The lowest BCUT2D eigenvalue weighted by atomic mass is 10.0. The van der Waals surface area contributed by atoms with E-state index in [0.29, 0.717) is 37.6 Å². The molecule has 1 aromatic heterocycles. The lowest BCUT2D eigenvalue weighted by Gasteiger charge is -2.36. The Morgan fingerprint density at radius 1 is 1.10 bits per heavy atom. The molecule has 9 nitrogen and oxygen atoms in total. The highest BCUT2D eigenvalue weighted by molar-refractivity contribution is 7.89. The van der Waals surface area contributed by atoms with Crippen molar-refractivity contribution in [2.45, 2.75) is 55.8 Å². The van der Waals surface area contributed by atoms with Gasteiger partial charge in [0.05, 0.1) is 10.6 Å². The number of hydrogen-bond donors (Lipinski definition) is 2. The smallest absolute Gasteiger partial charge is 0.245 e. The molecule has 0 radical (unpaired) electrons. The highest BCUT2D eigenvalue weighted by Crippen LogP contribution is 2.24. The first-order valence-electron chi connectivity index (χ1n) is 13.2. The van der Waals surface area contributed by atoms with E-state index < -0.39 is 22.1 Å². The molecular weight excluding hydrogens is 538 g/mol. The Labute approximate surface area is 233 Å². The second-order valence-corrected chi connectivity index (χ2v) is 12.3. The minimum Gasteiger partial charge on any atom is -0.339 e. The number of aromatic nitrogens is 1. The van der Waals surface area contributed by atoms with Crippen LogP contribution in [0.1, 0.15) is 31.9 Å². The van der Waals surface area contributed by atoms with Crippen LogP contribution in [0.15, 0.2) is 65.7 Å². The first-order chi connectivity index (χ1) is 18.7. The molecule has 3 atom stereocenters. The molecule has 0 saturated carbocycles. The molecule has 3 heterocycles. The van der Waals surface area contributed by atoms with Crippen molar-refractivity contribution < 1.29 is 18.0 Å². The molecule has 2 aliphatic heterocycles. The number of amides is 2. The van der Waals surface area contributed by atoms with Gasteiger partial charge in [0.25, 0.3) is 0 Å². The van der Waals surface area contributed by atoms with Crippen molar-refractivity contribution in [2.24, 2.45) is 0 Å². The molecule has 2 saturated heterocycles. The first kappa shape index (κ1) is 27.5. The number of nitrogens with one attached hydrogen (secondary N) is 2. The summed E-state index contributed by atoms with van der Waals surface area (Å²) in [5.74, 6) is -0.502. The van der Waals surface area contributed by atoms with E-state index in [-0.39, 0.29) is 22.8 Å². The number of rotatable bonds is 8. The topological polar surface area (TPSA) is 112 Å². The molecular formula is C28H32ClN5O4S. The largest absolute Gasteiger partial charge is 0.339 e. The molecule has 2 aliphatic rings. The van der Waals surface area contributed by atoms with E-state index in [1.165, 1.54) is 11.0 Å². The first-order valence-corrected chi connectivity index (χ1v) is 15.0. The fraction of sp³-hybridized carbons (Fsp3) is 0.393. The number of fused-ring (bicyclic) bond motifs is 1. The fourth-order valence-corrected chi connectivity index (χ4v) is 6.75. The van der Waals surface area contributed by atoms with Crippen LogP contribution in [0.5, 0.6) is 0 Å². The van der Waals surface area contributed by atoms with Gasteiger partial charge in [0, 0.05) is 43.4 Å². The third-order valence-corrected chi connectivity index (χ3v) is 9.18. The molecule has 3 unspecified atom stereocenters. The predicted molar refractivity (Wildman–Crippen MR) is 150 cm³/mol. The van der Waals surface area contributed by atoms with Gasteiger partial charge in [0.15, 0.2) is 0 Å². The number of nitrogens with zero attached hydrogens (tertiary/aromatic N) is 3. The fourth-order valence-electron chi connectivity index (χ4n) is 5.31. The number of benzene rings is 2. The van der Waals surface area contributed by atoms with Gasteiger partial charge in [-0.25, -0.2) is 8.42 Å². The highest BCUT2D eigenvalue weighted by atomic mass is 35.5. The summed E-state index contributed by atoms with van der Waals surface area (Å²) in [5, 5.41) is 5.60. The number of carbonyl (C=O) groups is 2. The minimum absolute atomic E-state index is 0.0743. The van der Waals surface area contributed by atoms with Gasteiger partial charge in [-0.2, -0.15) is 4.72 Å². The lowest BCUT2D eigenvalue weighted by Crippen LogP contribution is -2.54. The van der Waals surface area contributed by atoms with Gasteiger partial charge < -0.3 is 15.1 Å². The lowest BCUT2D eigenvalue weighted by molar-refractivity contribution is -0.144. The van der Waals surface area contributed by atoms with Gasteiger partial charge in [0.1, 0.15) is 12.1 Å². The van der Waals surface area contributed by atoms with Crippen LogP contribution in [0.3, 0.4) is 0 Å². The van der Waals surface area contributed by atoms with Crippen LogP contribution < -0.4 is 10.0 Å². The van der Waals surface area contributed by atoms with Crippen molar-refractivity contribution in [3.63, 3.8) is 0 Å². The minimum atomic E-state index is -3.94. The molecule has 2 aromatic carbocycles. The Kier molecular flexibility index (Phi) is 8.18. The van der Waals surface area contributed by atoms with E-state index in [4.69, 9.17) is 11.6 Å². The average molecular weight is 570 g/mol. The summed E-state index contributed by atoms with van der Waals surface area (Å²) in [6.45, 7) is 3.85. The SMILES string of the molecule is CC(C(=O)N1CCCC(NCc2ccccn2)C1)N1CCC(NS(=O)(=O)c2ccc3cc(Cl)ccc3c2)C1=O. The number of piperidine rings is 1. The Bertz CT molecular complexity index is 1470. The van der Waals surface area contributed by atoms with Crippen molar-refractivity contribution in [2.75, 3.05) is 19.6 Å². The average Bonchev–Trinajstić information content (AvgIpc) is 3.30. The number of carbonyl (C=O) groups excluding carboxylic acids is 2. The molecule has 11 heteroatoms. The molecule has 0 spiro atoms. The van der Waals surface area contributed by atoms with Crippen molar-refractivity contribution in [3.8, 4) is 0 Å². The summed E-state index contributed by atoms with van der Waals surface area (Å²) in [7, 11) is -3.94. The second-order valence-electron chi connectivity index (χ2n) is 10.1. The Balaban J connectivity index is 1.19. The summed E-state index contributed by atoms with van der Waals surface area (Å²) in [6, 6.07) is 14.3. The van der Waals surface area contributed by atoms with E-state index in [2.05, 4.69) is 15.0 Å². The van der Waals surface area contributed by atoms with Gasteiger partial charge >= 0.3 is 0 Å². The number of hydrogen-bond acceptors (Lipinski definition) is 6. The number of halogens is 1. The zero-order valence-corrected chi connectivity index (χ0v) is 23.3. The van der Waals surface area contributed by atoms with Gasteiger partial charge in [-0.05, 0) is 73.4 Å².